The van der Waals surface area contributed by atoms with E-state index in [0.29, 0.717) is 31.3 Å². The molecule has 0 heterocycles. The molecule has 24 nitrogen and oxygen atoms in total. The maximum atomic E-state index is 11.4. The number of ether oxygens (including phenoxy) is 5. The second-order valence-electron chi connectivity index (χ2n) is 10.8. The molecular weight excluding hydrogens is 923 g/mol. The van der Waals surface area contributed by atoms with Crippen molar-refractivity contribution in [1.29, 1.82) is 0 Å². The number of phenols is 1. The van der Waals surface area contributed by atoms with Gasteiger partial charge < -0.3 is 42.0 Å². The molecule has 0 saturated carbocycles. The monoisotopic (exact) mass is 965 g/mol. The van der Waals surface area contributed by atoms with Gasteiger partial charge in [0.15, 0.2) is 0 Å². The fraction of sp³-hybridized carbons (Fsp3) is 0.216. The maximum absolute atomic E-state index is 11.4. The second kappa shape index (κ2) is 28.9. The Balaban J connectivity index is 0. The number of hydroxylamine groups is 2. The minimum Gasteiger partial charge on any atom is -0.507 e. The maximum Gasteiger partial charge on any atom is 0.341 e. The van der Waals surface area contributed by atoms with Crippen molar-refractivity contribution in [3.8, 4) is 23.0 Å². The van der Waals surface area contributed by atoms with Crippen LogP contribution in [0, 0.1) is 37.8 Å². The molecule has 0 radical (unpaired) electrons. The zero-order chi connectivity index (χ0) is 45.5. The van der Waals surface area contributed by atoms with Gasteiger partial charge in [0.2, 0.25) is 0 Å². The van der Waals surface area contributed by atoms with Crippen molar-refractivity contribution in [3.63, 3.8) is 0 Å². The van der Waals surface area contributed by atoms with E-state index in [-0.39, 0.29) is 84.4 Å². The third-order valence-electron chi connectivity index (χ3n) is 6.94. The van der Waals surface area contributed by atoms with E-state index in [1.165, 1.54) is 48.4 Å². The molecule has 0 aromatic heterocycles. The minimum atomic E-state index is -0.854. The zero-order valence-electron chi connectivity index (χ0n) is 33.8. The molecule has 0 aliphatic rings. The van der Waals surface area contributed by atoms with Crippen molar-refractivity contribution in [2.45, 2.75) is 20.8 Å². The molecule has 0 unspecified atom stereocenters. The number of nitro benzene ring substituents is 3. The van der Waals surface area contributed by atoms with Gasteiger partial charge in [0, 0.05) is 62.5 Å². The Morgan fingerprint density at radius 2 is 0.903 bits per heavy atom. The molecular formula is C37H43N6O18Pd-. The average Bonchev–Trinajstić information content (AvgIpc) is 3.24. The smallest absolute Gasteiger partial charge is 0.341 e. The van der Waals surface area contributed by atoms with Gasteiger partial charge in [0.1, 0.15) is 34.1 Å². The van der Waals surface area contributed by atoms with Gasteiger partial charge in [-0.25, -0.2) is 20.5 Å². The van der Waals surface area contributed by atoms with E-state index in [1.807, 2.05) is 0 Å². The summed E-state index contributed by atoms with van der Waals surface area (Å²) in [5, 5.41) is 57.6. The molecule has 0 bridgehead atoms. The van der Waals surface area contributed by atoms with Crippen LogP contribution in [0.15, 0.2) is 72.8 Å². The molecule has 0 aliphatic heterocycles. The van der Waals surface area contributed by atoms with Gasteiger partial charge >= 0.3 is 11.9 Å². The summed E-state index contributed by atoms with van der Waals surface area (Å²) in [5.74, 6) is -2.46. The quantitative estimate of drug-likeness (QED) is 0.0190. The number of nitrogens with one attached hydrogen (secondary N) is 2. The summed E-state index contributed by atoms with van der Waals surface area (Å²) in [7, 11) is 2.33. The topological polar surface area (TPSA) is 355 Å². The van der Waals surface area contributed by atoms with E-state index in [0.717, 1.165) is 37.4 Å². The fourth-order valence-electron chi connectivity index (χ4n) is 4.31. The number of nitrogens with two attached hydrogens (primary N) is 1. The number of benzene rings is 4. The van der Waals surface area contributed by atoms with Crippen LogP contribution in [0.3, 0.4) is 0 Å². The van der Waals surface area contributed by atoms with Crippen molar-refractivity contribution in [3.05, 3.63) is 133 Å². The minimum absolute atomic E-state index is 0. The predicted molar refractivity (Wildman–Crippen MR) is 213 cm³/mol. The number of hydrogen-bond donors (Lipinski definition) is 6. The van der Waals surface area contributed by atoms with E-state index < -0.39 is 38.5 Å². The molecule has 0 saturated heterocycles. The SMILES string of the molecule is CCOc1ccc(N)cc1C(=O)NO.CCOc1ccc([N+](=O)[O-])cc1C(=O)NO.CCOc1ccc([N+](=O)[O-])cc1C(=O)OC.COC(=O)c1cc([N+](=O)[O-])ccc1O.[CH3-].[Pd]. The molecule has 62 heavy (non-hydrogen) atoms. The molecule has 2 amide bonds. The Kier molecular flexibility index (Phi) is 26.4. The van der Waals surface area contributed by atoms with Gasteiger partial charge in [0.05, 0.1) is 59.9 Å². The standard InChI is InChI=1S/C10H11NO5.C9H10N2O5.C9H12N2O3.C8H7NO5.CH3.Pd/c1-3-16-9-5-4-7(11(13)14)6-8(9)10(12)15-2;1-2-16-8-4-3-6(11(14)15)5-7(8)9(12)10-13;1-2-14-8-4-3-6(10)5-7(8)9(12)11-13;1-14-8(11)6-4-5(9(12)13)2-3-7(6)10;;/h4-6H,3H2,1-2H3;3-5,13H,2H2,1H3,(H,10,12);3-5,13H,2,10H2,1H3,(H,11,12);2-4,10H,1H3;1H3;/q;;;;-1;. The van der Waals surface area contributed by atoms with Gasteiger partial charge in [-0.15, -0.1) is 0 Å². The molecule has 4 aromatic rings. The summed E-state index contributed by atoms with van der Waals surface area (Å²) in [4.78, 5) is 74.3. The van der Waals surface area contributed by atoms with Gasteiger partial charge in [-0.1, -0.05) is 0 Å². The summed E-state index contributed by atoms with van der Waals surface area (Å²) >= 11 is 0. The molecule has 0 spiro atoms. The van der Waals surface area contributed by atoms with E-state index in [2.05, 4.69) is 9.47 Å². The molecule has 0 atom stereocenters. The van der Waals surface area contributed by atoms with Crippen LogP contribution in [0.25, 0.3) is 0 Å². The molecule has 4 aromatic carbocycles. The van der Waals surface area contributed by atoms with Crippen LogP contribution >= 0.6 is 0 Å². The van der Waals surface area contributed by atoms with E-state index in [4.69, 9.17) is 30.4 Å². The van der Waals surface area contributed by atoms with Crippen LogP contribution in [-0.4, -0.2) is 88.1 Å². The molecule has 0 fully saturated rings. The zero-order valence-corrected chi connectivity index (χ0v) is 35.3. The van der Waals surface area contributed by atoms with Gasteiger partial charge in [-0.3, -0.25) is 50.3 Å². The number of esters is 2. The van der Waals surface area contributed by atoms with Crippen molar-refractivity contribution in [2.75, 3.05) is 39.8 Å². The first-order chi connectivity index (χ1) is 28.4. The molecule has 340 valence electrons. The summed E-state index contributed by atoms with van der Waals surface area (Å²) in [6.07, 6.45) is 0. The van der Waals surface area contributed by atoms with E-state index in [1.54, 1.807) is 32.9 Å². The number of nitrogens with zero attached hydrogens (tertiary/aromatic N) is 3. The van der Waals surface area contributed by atoms with Crippen LogP contribution in [0.5, 0.6) is 23.0 Å². The van der Waals surface area contributed by atoms with Crippen molar-refractivity contribution >= 4 is 46.5 Å². The number of carbonyl (C=O) groups is 4. The van der Waals surface area contributed by atoms with E-state index in [9.17, 15) is 54.6 Å². The number of hydrogen-bond acceptors (Lipinski definition) is 19. The third-order valence-corrected chi connectivity index (χ3v) is 6.94. The van der Waals surface area contributed by atoms with Crippen LogP contribution in [-0.2, 0) is 29.9 Å². The molecule has 0 aliphatic carbocycles. The summed E-state index contributed by atoms with van der Waals surface area (Å²) in [6.45, 7) is 6.38. The Morgan fingerprint density at radius 1 is 0.581 bits per heavy atom. The summed E-state index contributed by atoms with van der Waals surface area (Å²) < 4.78 is 24.3. The first-order valence-corrected chi connectivity index (χ1v) is 16.8. The number of rotatable bonds is 13. The Labute approximate surface area is 366 Å². The van der Waals surface area contributed by atoms with Crippen LogP contribution in [0.4, 0.5) is 22.7 Å². The largest absolute Gasteiger partial charge is 0.507 e. The normalized spacial score (nSPS) is 9.27. The number of phenolic OH excluding ortho intramolecular Hbond substituents is 1. The Morgan fingerprint density at radius 3 is 1.27 bits per heavy atom. The molecule has 4 rings (SSSR count). The van der Waals surface area contributed by atoms with Crippen LogP contribution in [0.2, 0.25) is 0 Å². The van der Waals surface area contributed by atoms with Crippen LogP contribution in [0.1, 0.15) is 62.2 Å². The third kappa shape index (κ3) is 17.4. The van der Waals surface area contributed by atoms with Gasteiger partial charge in [-0.05, 0) is 57.2 Å². The summed E-state index contributed by atoms with van der Waals surface area (Å²) in [5.41, 5.74) is 8.14. The number of nitrogen functional groups attached to an aromatic ring is 1. The number of methoxy groups -OCH3 is 2. The first-order valence-electron chi connectivity index (χ1n) is 16.8. The fourth-order valence-corrected chi connectivity index (χ4v) is 4.31. The first kappa shape index (κ1) is 56.6. The second-order valence-corrected chi connectivity index (χ2v) is 10.8. The molecule has 7 N–H and O–H groups in total. The molecule has 25 heteroatoms. The number of nitro groups is 3. The van der Waals surface area contributed by atoms with Crippen molar-refractivity contribution in [1.82, 2.24) is 11.0 Å². The number of anilines is 1. The number of non-ortho nitro benzene ring substituents is 3. The van der Waals surface area contributed by atoms with Crippen molar-refractivity contribution < 1.29 is 93.6 Å². The average molecular weight is 966 g/mol. The van der Waals surface area contributed by atoms with Crippen molar-refractivity contribution in [2.24, 2.45) is 0 Å². The Bertz CT molecular complexity index is 2090. The number of carbonyl (C=O) groups excluding carboxylic acids is 4. The summed E-state index contributed by atoms with van der Waals surface area (Å²) in [6, 6.07) is 15.1. The van der Waals surface area contributed by atoms with Gasteiger partial charge in [0.25, 0.3) is 28.9 Å². The number of aromatic hydroxyl groups is 1. The van der Waals surface area contributed by atoms with Crippen LogP contribution < -0.4 is 30.9 Å². The predicted octanol–water partition coefficient (Wildman–Crippen LogP) is 5.21. The number of amides is 2. The van der Waals surface area contributed by atoms with Gasteiger partial charge in [-0.2, -0.15) is 0 Å². The van der Waals surface area contributed by atoms with E-state index >= 15 is 0 Å². The Hall–Kier alpha value is -7.46.